The van der Waals surface area contributed by atoms with Gasteiger partial charge in [-0.3, -0.25) is 9.59 Å². The fourth-order valence-corrected chi connectivity index (χ4v) is 5.25. The number of rotatable bonds is 1. The van der Waals surface area contributed by atoms with Crippen LogP contribution in [0.5, 0.6) is 0 Å². The van der Waals surface area contributed by atoms with Crippen LogP contribution in [0.3, 0.4) is 0 Å². The molecule has 2 aromatic rings. The summed E-state index contributed by atoms with van der Waals surface area (Å²) in [5.41, 5.74) is 3.40. The number of carbonyl (C=O) groups excluding carboxylic acids is 2. The fraction of sp³-hybridized carbons (Fsp3) is 0.545. The Morgan fingerprint density at radius 2 is 1.63 bits per heavy atom. The van der Waals surface area contributed by atoms with Crippen molar-refractivity contribution in [2.75, 3.05) is 6.54 Å². The second kappa shape index (κ2) is 6.70. The predicted molar refractivity (Wildman–Crippen MR) is 104 cm³/mol. The molecule has 5 heteroatoms. The Morgan fingerprint density at radius 3 is 2.44 bits per heavy atom. The van der Waals surface area contributed by atoms with E-state index in [1.54, 1.807) is 4.90 Å². The highest BCUT2D eigenvalue weighted by atomic mass is 16.2. The van der Waals surface area contributed by atoms with Gasteiger partial charge in [-0.2, -0.15) is 0 Å². The molecule has 5 rings (SSSR count). The van der Waals surface area contributed by atoms with Crippen LogP contribution < -0.4 is 0 Å². The van der Waals surface area contributed by atoms with Crippen LogP contribution in [0.15, 0.2) is 24.3 Å². The predicted octanol–water partition coefficient (Wildman–Crippen LogP) is 3.38. The summed E-state index contributed by atoms with van der Waals surface area (Å²) >= 11 is 0. The Labute approximate surface area is 159 Å². The largest absolute Gasteiger partial charge is 0.357 e. The lowest BCUT2D eigenvalue weighted by Gasteiger charge is -2.45. The van der Waals surface area contributed by atoms with Crippen molar-refractivity contribution in [3.63, 3.8) is 0 Å². The molecular weight excluding hydrogens is 338 g/mol. The SMILES string of the molecule is O=C1[C@@H]2Cc3c([nH]c4ccccc34)CN2C(=O)CN1C1CCCCCCC1. The maximum atomic E-state index is 13.4. The molecule has 3 aliphatic rings. The summed E-state index contributed by atoms with van der Waals surface area (Å²) in [6.07, 6.45) is 8.87. The molecule has 1 aromatic carbocycles. The van der Waals surface area contributed by atoms with Crippen LogP contribution in [-0.4, -0.2) is 45.2 Å². The monoisotopic (exact) mass is 365 g/mol. The van der Waals surface area contributed by atoms with Gasteiger partial charge in [0.05, 0.1) is 6.54 Å². The van der Waals surface area contributed by atoms with Crippen molar-refractivity contribution in [2.45, 2.75) is 70.0 Å². The lowest BCUT2D eigenvalue weighted by Crippen LogP contribution is -2.63. The molecule has 0 spiro atoms. The van der Waals surface area contributed by atoms with Gasteiger partial charge >= 0.3 is 0 Å². The van der Waals surface area contributed by atoms with Crippen LogP contribution >= 0.6 is 0 Å². The second-order valence-electron chi connectivity index (χ2n) is 8.33. The summed E-state index contributed by atoms with van der Waals surface area (Å²) in [6, 6.07) is 8.15. The topological polar surface area (TPSA) is 56.4 Å². The van der Waals surface area contributed by atoms with Gasteiger partial charge in [0.15, 0.2) is 0 Å². The zero-order valence-electron chi connectivity index (χ0n) is 15.7. The summed E-state index contributed by atoms with van der Waals surface area (Å²) < 4.78 is 0. The van der Waals surface area contributed by atoms with Crippen LogP contribution in [0.1, 0.15) is 56.2 Å². The van der Waals surface area contributed by atoms with Crippen LogP contribution in [0.25, 0.3) is 10.9 Å². The van der Waals surface area contributed by atoms with E-state index in [9.17, 15) is 9.59 Å². The van der Waals surface area contributed by atoms with Gasteiger partial charge in [0.2, 0.25) is 11.8 Å². The standard InChI is InChI=1S/C22H27N3O2/c26-21-14-24(15-8-4-2-1-3-5-9-15)22(27)20-12-17-16-10-6-7-11-18(16)23-19(17)13-25(20)21/h6-7,10-11,15,20,23H,1-5,8-9,12-14H2/t20-/m0/s1. The molecule has 2 fully saturated rings. The van der Waals surface area contributed by atoms with E-state index in [1.807, 2.05) is 17.0 Å². The summed E-state index contributed by atoms with van der Waals surface area (Å²) in [7, 11) is 0. The number of hydrogen-bond donors (Lipinski definition) is 1. The highest BCUT2D eigenvalue weighted by Crippen LogP contribution is 2.34. The molecule has 0 radical (unpaired) electrons. The smallest absolute Gasteiger partial charge is 0.246 e. The Hall–Kier alpha value is -2.30. The number of carbonyl (C=O) groups is 2. The van der Waals surface area contributed by atoms with E-state index in [2.05, 4.69) is 17.1 Å². The van der Waals surface area contributed by atoms with Crippen molar-refractivity contribution in [3.8, 4) is 0 Å². The van der Waals surface area contributed by atoms with Gasteiger partial charge in [-0.05, 0) is 24.5 Å². The molecule has 2 aliphatic heterocycles. The third kappa shape index (κ3) is 2.84. The minimum Gasteiger partial charge on any atom is -0.357 e. The highest BCUT2D eigenvalue weighted by molar-refractivity contribution is 5.97. The summed E-state index contributed by atoms with van der Waals surface area (Å²) in [6.45, 7) is 0.785. The van der Waals surface area contributed by atoms with Crippen LogP contribution in [-0.2, 0) is 22.6 Å². The number of benzene rings is 1. The molecule has 1 atom stereocenters. The number of amides is 2. The van der Waals surface area contributed by atoms with Gasteiger partial charge in [-0.15, -0.1) is 0 Å². The van der Waals surface area contributed by atoms with E-state index in [0.717, 1.165) is 24.1 Å². The molecule has 1 saturated heterocycles. The highest BCUT2D eigenvalue weighted by Gasteiger charge is 2.44. The Morgan fingerprint density at radius 1 is 0.889 bits per heavy atom. The summed E-state index contributed by atoms with van der Waals surface area (Å²) in [5.74, 6) is 0.266. The lowest BCUT2D eigenvalue weighted by molar-refractivity contribution is -0.159. The van der Waals surface area contributed by atoms with Gasteiger partial charge in [0.1, 0.15) is 12.6 Å². The second-order valence-corrected chi connectivity index (χ2v) is 8.33. The van der Waals surface area contributed by atoms with Crippen molar-refractivity contribution in [1.29, 1.82) is 0 Å². The number of aromatic nitrogens is 1. The number of H-pyrrole nitrogens is 1. The maximum Gasteiger partial charge on any atom is 0.246 e. The number of piperazine rings is 1. The van der Waals surface area contributed by atoms with Gasteiger partial charge in [-0.1, -0.05) is 50.3 Å². The van der Waals surface area contributed by atoms with Gasteiger partial charge in [-0.25, -0.2) is 0 Å². The third-order valence-electron chi connectivity index (χ3n) is 6.71. The summed E-state index contributed by atoms with van der Waals surface area (Å²) in [4.78, 5) is 33.5. The minimum absolute atomic E-state index is 0.103. The molecule has 1 N–H and O–H groups in total. The van der Waals surface area contributed by atoms with Crippen molar-refractivity contribution in [3.05, 3.63) is 35.5 Å². The molecule has 2 amide bonds. The zero-order chi connectivity index (χ0) is 18.4. The van der Waals surface area contributed by atoms with Gasteiger partial charge in [0, 0.05) is 29.1 Å². The van der Waals surface area contributed by atoms with Crippen molar-refractivity contribution in [1.82, 2.24) is 14.8 Å². The van der Waals surface area contributed by atoms with Crippen molar-refractivity contribution >= 4 is 22.7 Å². The number of hydrogen-bond acceptors (Lipinski definition) is 2. The molecule has 142 valence electrons. The molecular formula is C22H27N3O2. The first-order valence-corrected chi connectivity index (χ1v) is 10.4. The van der Waals surface area contributed by atoms with E-state index in [0.29, 0.717) is 13.0 Å². The van der Waals surface area contributed by atoms with Gasteiger partial charge < -0.3 is 14.8 Å². The van der Waals surface area contributed by atoms with Crippen LogP contribution in [0, 0.1) is 0 Å². The number of nitrogens with zero attached hydrogens (tertiary/aromatic N) is 2. The molecule has 0 unspecified atom stereocenters. The lowest BCUT2D eigenvalue weighted by atomic mass is 9.90. The maximum absolute atomic E-state index is 13.4. The normalized spacial score (nSPS) is 24.5. The van der Waals surface area contributed by atoms with E-state index in [-0.39, 0.29) is 30.4 Å². The summed E-state index contributed by atoms with van der Waals surface area (Å²) in [5, 5.41) is 1.19. The molecule has 1 aliphatic carbocycles. The van der Waals surface area contributed by atoms with Crippen LogP contribution in [0.4, 0.5) is 0 Å². The Balaban J connectivity index is 1.44. The van der Waals surface area contributed by atoms with E-state index in [4.69, 9.17) is 0 Å². The van der Waals surface area contributed by atoms with E-state index < -0.39 is 0 Å². The van der Waals surface area contributed by atoms with Crippen molar-refractivity contribution < 1.29 is 9.59 Å². The fourth-order valence-electron chi connectivity index (χ4n) is 5.25. The average Bonchev–Trinajstić information content (AvgIpc) is 3.01. The molecule has 3 heterocycles. The van der Waals surface area contributed by atoms with E-state index in [1.165, 1.54) is 43.1 Å². The zero-order valence-corrected chi connectivity index (χ0v) is 15.7. The average molecular weight is 365 g/mol. The molecule has 5 nitrogen and oxygen atoms in total. The molecule has 0 bridgehead atoms. The Bertz CT molecular complexity index is 879. The number of para-hydroxylation sites is 1. The first-order chi connectivity index (χ1) is 13.2. The number of nitrogens with one attached hydrogen (secondary N) is 1. The molecule has 1 aromatic heterocycles. The number of fused-ring (bicyclic) bond motifs is 4. The quantitative estimate of drug-likeness (QED) is 0.842. The minimum atomic E-state index is -0.330. The molecule has 1 saturated carbocycles. The van der Waals surface area contributed by atoms with E-state index >= 15 is 0 Å². The Kier molecular flexibility index (Phi) is 4.18. The first-order valence-electron chi connectivity index (χ1n) is 10.4. The van der Waals surface area contributed by atoms with Crippen molar-refractivity contribution in [2.24, 2.45) is 0 Å². The van der Waals surface area contributed by atoms with Gasteiger partial charge in [0.25, 0.3) is 0 Å². The van der Waals surface area contributed by atoms with Crippen LogP contribution in [0.2, 0.25) is 0 Å². The third-order valence-corrected chi connectivity index (χ3v) is 6.71. The molecule has 27 heavy (non-hydrogen) atoms. The first kappa shape index (κ1) is 16.8. The number of aromatic amines is 1.